The Balaban J connectivity index is 2.20. The molecular weight excluding hydrogens is 304 g/mol. The number of nitrogen functional groups attached to an aromatic ring is 1. The van der Waals surface area contributed by atoms with Crippen LogP contribution in [0.2, 0.25) is 0 Å². The lowest BCUT2D eigenvalue weighted by Crippen LogP contribution is -2.42. The minimum atomic E-state index is -3.93. The Morgan fingerprint density at radius 1 is 1.09 bits per heavy atom. The van der Waals surface area contributed by atoms with Crippen molar-refractivity contribution in [1.29, 1.82) is 0 Å². The standard InChI is InChI=1S/C15H16N2O4S/c16-12-6-8-13(9-7-12)22(20,21)17-14(15(18)19)10-11-4-2-1-3-5-11/h1-9,14,17H,10,16H2,(H,18,19)/t14-/m0/s1. The van der Waals surface area contributed by atoms with Gasteiger partial charge in [0.15, 0.2) is 0 Å². The van der Waals surface area contributed by atoms with Crippen molar-refractivity contribution < 1.29 is 18.3 Å². The van der Waals surface area contributed by atoms with Crippen LogP contribution >= 0.6 is 0 Å². The number of rotatable bonds is 6. The first kappa shape index (κ1) is 16.0. The number of nitrogens with two attached hydrogens (primary N) is 1. The summed E-state index contributed by atoms with van der Waals surface area (Å²) < 4.78 is 26.7. The summed E-state index contributed by atoms with van der Waals surface area (Å²) in [4.78, 5) is 11.3. The summed E-state index contributed by atoms with van der Waals surface area (Å²) in [5, 5.41) is 9.24. The van der Waals surface area contributed by atoms with Gasteiger partial charge in [-0.15, -0.1) is 0 Å². The second-order valence-corrected chi connectivity index (χ2v) is 6.48. The molecule has 4 N–H and O–H groups in total. The van der Waals surface area contributed by atoms with E-state index in [1.165, 1.54) is 24.3 Å². The third-order valence-electron chi connectivity index (χ3n) is 3.07. The Hall–Kier alpha value is -2.38. The number of carboxylic acid groups (broad SMARTS) is 1. The molecular formula is C15H16N2O4S. The fraction of sp³-hybridized carbons (Fsp3) is 0.133. The molecule has 0 amide bonds. The van der Waals surface area contributed by atoms with E-state index in [1.807, 2.05) is 0 Å². The number of nitrogens with one attached hydrogen (secondary N) is 1. The van der Waals surface area contributed by atoms with Crippen molar-refractivity contribution in [2.45, 2.75) is 17.4 Å². The topological polar surface area (TPSA) is 109 Å². The van der Waals surface area contributed by atoms with Gasteiger partial charge in [-0.05, 0) is 36.2 Å². The van der Waals surface area contributed by atoms with Gasteiger partial charge in [0.1, 0.15) is 6.04 Å². The first-order chi connectivity index (χ1) is 10.4. The zero-order valence-electron chi connectivity index (χ0n) is 11.6. The molecule has 0 unspecified atom stereocenters. The minimum Gasteiger partial charge on any atom is -0.480 e. The van der Waals surface area contributed by atoms with E-state index in [-0.39, 0.29) is 11.3 Å². The van der Waals surface area contributed by atoms with E-state index in [0.29, 0.717) is 5.69 Å². The minimum absolute atomic E-state index is 0.0268. The molecule has 0 saturated carbocycles. The summed E-state index contributed by atoms with van der Waals surface area (Å²) in [7, 11) is -3.93. The number of carboxylic acids is 1. The number of sulfonamides is 1. The third-order valence-corrected chi connectivity index (χ3v) is 4.56. The number of hydrogen-bond acceptors (Lipinski definition) is 4. The average Bonchev–Trinajstić information content (AvgIpc) is 2.48. The van der Waals surface area contributed by atoms with Crippen LogP contribution < -0.4 is 10.5 Å². The zero-order valence-corrected chi connectivity index (χ0v) is 12.5. The Kier molecular flexibility index (Phi) is 4.79. The van der Waals surface area contributed by atoms with Crippen LogP contribution in [0.4, 0.5) is 5.69 Å². The summed E-state index contributed by atoms with van der Waals surface area (Å²) >= 11 is 0. The van der Waals surface area contributed by atoms with Gasteiger partial charge < -0.3 is 10.8 Å². The second kappa shape index (κ2) is 6.59. The fourth-order valence-corrected chi connectivity index (χ4v) is 3.12. The van der Waals surface area contributed by atoms with Crippen LogP contribution in [0.1, 0.15) is 5.56 Å². The molecule has 116 valence electrons. The molecule has 0 aliphatic heterocycles. The molecule has 1 atom stereocenters. The zero-order chi connectivity index (χ0) is 16.2. The molecule has 2 aromatic carbocycles. The molecule has 0 heterocycles. The number of anilines is 1. The molecule has 0 aromatic heterocycles. The van der Waals surface area contributed by atoms with Crippen LogP contribution in [-0.4, -0.2) is 25.5 Å². The fourth-order valence-electron chi connectivity index (χ4n) is 1.93. The highest BCUT2D eigenvalue weighted by Gasteiger charge is 2.25. The van der Waals surface area contributed by atoms with Crippen LogP contribution in [0.15, 0.2) is 59.5 Å². The monoisotopic (exact) mass is 320 g/mol. The maximum absolute atomic E-state index is 12.2. The molecule has 0 fully saturated rings. The lowest BCUT2D eigenvalue weighted by Gasteiger charge is -2.15. The van der Waals surface area contributed by atoms with Gasteiger partial charge in [-0.3, -0.25) is 4.79 Å². The molecule has 0 spiro atoms. The number of benzene rings is 2. The molecule has 6 nitrogen and oxygen atoms in total. The van der Waals surface area contributed by atoms with E-state index in [0.717, 1.165) is 5.56 Å². The highest BCUT2D eigenvalue weighted by molar-refractivity contribution is 7.89. The maximum Gasteiger partial charge on any atom is 0.322 e. The average molecular weight is 320 g/mol. The summed E-state index contributed by atoms with van der Waals surface area (Å²) in [5.74, 6) is -1.23. The van der Waals surface area contributed by atoms with Crippen LogP contribution in [0, 0.1) is 0 Å². The van der Waals surface area contributed by atoms with E-state index >= 15 is 0 Å². The van der Waals surface area contributed by atoms with Crippen molar-refractivity contribution in [3.63, 3.8) is 0 Å². The van der Waals surface area contributed by atoms with Crippen molar-refractivity contribution in [1.82, 2.24) is 4.72 Å². The largest absolute Gasteiger partial charge is 0.480 e. The number of hydrogen-bond donors (Lipinski definition) is 3. The molecule has 2 rings (SSSR count). The molecule has 22 heavy (non-hydrogen) atoms. The van der Waals surface area contributed by atoms with Crippen LogP contribution in [-0.2, 0) is 21.2 Å². The van der Waals surface area contributed by atoms with Gasteiger partial charge in [-0.25, -0.2) is 8.42 Å². The smallest absolute Gasteiger partial charge is 0.322 e. The van der Waals surface area contributed by atoms with Gasteiger partial charge in [-0.1, -0.05) is 30.3 Å². The van der Waals surface area contributed by atoms with Crippen molar-refractivity contribution in [2.75, 3.05) is 5.73 Å². The van der Waals surface area contributed by atoms with Gasteiger partial charge in [0.05, 0.1) is 4.90 Å². The van der Waals surface area contributed by atoms with E-state index in [4.69, 9.17) is 5.73 Å². The quantitative estimate of drug-likeness (QED) is 0.694. The third kappa shape index (κ3) is 4.06. The summed E-state index contributed by atoms with van der Waals surface area (Å²) in [6, 6.07) is 13.1. The predicted octanol–water partition coefficient (Wildman–Crippen LogP) is 1.24. The van der Waals surface area contributed by atoms with Crippen molar-refractivity contribution in [3.8, 4) is 0 Å². The number of carbonyl (C=O) groups is 1. The van der Waals surface area contributed by atoms with Gasteiger partial charge in [-0.2, -0.15) is 4.72 Å². The molecule has 0 saturated heterocycles. The maximum atomic E-state index is 12.2. The van der Waals surface area contributed by atoms with Crippen molar-refractivity contribution in [3.05, 3.63) is 60.2 Å². The van der Waals surface area contributed by atoms with Crippen LogP contribution in [0.3, 0.4) is 0 Å². The van der Waals surface area contributed by atoms with E-state index in [1.54, 1.807) is 30.3 Å². The normalized spacial score (nSPS) is 12.7. The molecule has 0 aliphatic rings. The highest BCUT2D eigenvalue weighted by Crippen LogP contribution is 2.13. The highest BCUT2D eigenvalue weighted by atomic mass is 32.2. The van der Waals surface area contributed by atoms with E-state index in [2.05, 4.69) is 4.72 Å². The Bertz CT molecular complexity index is 743. The predicted molar refractivity (Wildman–Crippen MR) is 82.7 cm³/mol. The Labute approximate surface area is 128 Å². The molecule has 0 aliphatic carbocycles. The van der Waals surface area contributed by atoms with Crippen LogP contribution in [0.5, 0.6) is 0 Å². The Morgan fingerprint density at radius 2 is 1.68 bits per heavy atom. The van der Waals surface area contributed by atoms with Gasteiger partial charge in [0.2, 0.25) is 10.0 Å². The molecule has 0 bridgehead atoms. The van der Waals surface area contributed by atoms with Crippen LogP contribution in [0.25, 0.3) is 0 Å². The first-order valence-electron chi connectivity index (χ1n) is 6.53. The second-order valence-electron chi connectivity index (χ2n) is 4.77. The SMILES string of the molecule is Nc1ccc(S(=O)(=O)N[C@@H](Cc2ccccc2)C(=O)O)cc1. The lowest BCUT2D eigenvalue weighted by atomic mass is 10.1. The van der Waals surface area contributed by atoms with Gasteiger partial charge in [0.25, 0.3) is 0 Å². The summed E-state index contributed by atoms with van der Waals surface area (Å²) in [5.41, 5.74) is 6.67. The number of aliphatic carboxylic acids is 1. The molecule has 7 heteroatoms. The summed E-state index contributed by atoms with van der Waals surface area (Å²) in [6.07, 6.45) is 0.0599. The van der Waals surface area contributed by atoms with Crippen molar-refractivity contribution >= 4 is 21.7 Å². The first-order valence-corrected chi connectivity index (χ1v) is 8.01. The molecule has 0 radical (unpaired) electrons. The molecule has 2 aromatic rings. The van der Waals surface area contributed by atoms with Crippen molar-refractivity contribution in [2.24, 2.45) is 0 Å². The lowest BCUT2D eigenvalue weighted by molar-refractivity contribution is -0.138. The van der Waals surface area contributed by atoms with E-state index in [9.17, 15) is 18.3 Å². The Morgan fingerprint density at radius 3 is 2.23 bits per heavy atom. The summed E-state index contributed by atoms with van der Waals surface area (Å²) in [6.45, 7) is 0. The van der Waals surface area contributed by atoms with E-state index < -0.39 is 22.0 Å². The van der Waals surface area contributed by atoms with Gasteiger partial charge >= 0.3 is 5.97 Å². The van der Waals surface area contributed by atoms with Gasteiger partial charge in [0, 0.05) is 5.69 Å².